The Morgan fingerprint density at radius 2 is 2.12 bits per heavy atom. The number of hydrogen-bond donors (Lipinski definition) is 1. The summed E-state index contributed by atoms with van der Waals surface area (Å²) in [7, 11) is 0. The number of allylic oxidation sites excluding steroid dienone is 2. The Morgan fingerprint density at radius 3 is 3.00 bits per heavy atom. The second-order valence-electron chi connectivity index (χ2n) is 6.48. The standard InChI is InChI=1S/C20H25NO3/c1-2-15-7-5-8-17(12-15)21-20(22)9-4-3-6-16-10-11-18-19(13-16)24-14-23-18/h3-4,6,9-11,13,15,17H,2,5,7-8,12,14H2,1H3,(H,21,22)/b6-3+,9-4+/t15?,17-/m0/s1. The van der Waals surface area contributed by atoms with Crippen LogP contribution in [0.25, 0.3) is 6.08 Å². The van der Waals surface area contributed by atoms with Gasteiger partial charge in [-0.15, -0.1) is 0 Å². The minimum absolute atomic E-state index is 0.00732. The first-order valence-corrected chi connectivity index (χ1v) is 8.79. The zero-order valence-corrected chi connectivity index (χ0v) is 14.2. The second kappa shape index (κ2) is 8.04. The predicted octanol–water partition coefficient (Wildman–Crippen LogP) is 4.07. The van der Waals surface area contributed by atoms with Gasteiger partial charge in [0.25, 0.3) is 0 Å². The van der Waals surface area contributed by atoms with Gasteiger partial charge in [-0.3, -0.25) is 4.79 Å². The van der Waals surface area contributed by atoms with Crippen LogP contribution in [-0.4, -0.2) is 18.7 Å². The van der Waals surface area contributed by atoms with Crippen molar-refractivity contribution in [3.63, 3.8) is 0 Å². The van der Waals surface area contributed by atoms with E-state index < -0.39 is 0 Å². The van der Waals surface area contributed by atoms with E-state index in [1.54, 1.807) is 12.2 Å². The molecule has 24 heavy (non-hydrogen) atoms. The molecule has 1 heterocycles. The number of hydrogen-bond acceptors (Lipinski definition) is 3. The van der Waals surface area contributed by atoms with Crippen molar-refractivity contribution in [2.75, 3.05) is 6.79 Å². The molecular formula is C20H25NO3. The molecule has 1 unspecified atom stereocenters. The summed E-state index contributed by atoms with van der Waals surface area (Å²) in [5.74, 6) is 2.30. The normalized spacial score (nSPS) is 23.0. The van der Waals surface area contributed by atoms with Crippen molar-refractivity contribution >= 4 is 12.0 Å². The third kappa shape index (κ3) is 4.40. The molecule has 128 valence electrons. The van der Waals surface area contributed by atoms with Gasteiger partial charge in [-0.05, 0) is 36.5 Å². The van der Waals surface area contributed by atoms with Crippen molar-refractivity contribution in [2.24, 2.45) is 5.92 Å². The molecule has 0 saturated heterocycles. The van der Waals surface area contributed by atoms with E-state index in [0.29, 0.717) is 6.04 Å². The molecule has 1 aromatic carbocycles. The van der Waals surface area contributed by atoms with Crippen LogP contribution in [0.15, 0.2) is 36.4 Å². The van der Waals surface area contributed by atoms with Crippen LogP contribution in [-0.2, 0) is 4.79 Å². The van der Waals surface area contributed by atoms with Crippen molar-refractivity contribution in [2.45, 2.75) is 45.1 Å². The average Bonchev–Trinajstić information content (AvgIpc) is 3.06. The molecule has 1 amide bonds. The van der Waals surface area contributed by atoms with E-state index in [2.05, 4.69) is 12.2 Å². The van der Waals surface area contributed by atoms with E-state index in [1.807, 2.05) is 30.4 Å². The Kier molecular flexibility index (Phi) is 5.57. The topological polar surface area (TPSA) is 47.6 Å². The summed E-state index contributed by atoms with van der Waals surface area (Å²) in [6.07, 6.45) is 13.1. The SMILES string of the molecule is CCC1CCC[C@H](NC(=O)/C=C/C=C/c2ccc3c(c2)OCO3)C1. The van der Waals surface area contributed by atoms with Gasteiger partial charge in [-0.1, -0.05) is 50.5 Å². The van der Waals surface area contributed by atoms with E-state index in [-0.39, 0.29) is 12.7 Å². The van der Waals surface area contributed by atoms with Crippen molar-refractivity contribution in [1.29, 1.82) is 0 Å². The van der Waals surface area contributed by atoms with Crippen molar-refractivity contribution < 1.29 is 14.3 Å². The van der Waals surface area contributed by atoms with Crippen LogP contribution in [0, 0.1) is 5.92 Å². The molecule has 2 atom stereocenters. The Labute approximate surface area is 143 Å². The highest BCUT2D eigenvalue weighted by atomic mass is 16.7. The summed E-state index contributed by atoms with van der Waals surface area (Å²) in [4.78, 5) is 12.0. The number of carbonyl (C=O) groups is 1. The maximum Gasteiger partial charge on any atom is 0.244 e. The van der Waals surface area contributed by atoms with Gasteiger partial charge in [0.05, 0.1) is 0 Å². The van der Waals surface area contributed by atoms with Crippen LogP contribution in [0.3, 0.4) is 0 Å². The van der Waals surface area contributed by atoms with E-state index in [4.69, 9.17) is 9.47 Å². The largest absolute Gasteiger partial charge is 0.454 e. The monoisotopic (exact) mass is 327 g/mol. The molecule has 1 N–H and O–H groups in total. The van der Waals surface area contributed by atoms with E-state index >= 15 is 0 Å². The lowest BCUT2D eigenvalue weighted by molar-refractivity contribution is -0.117. The summed E-state index contributed by atoms with van der Waals surface area (Å²) >= 11 is 0. The molecule has 0 bridgehead atoms. The quantitative estimate of drug-likeness (QED) is 0.655. The maximum absolute atomic E-state index is 12.0. The third-order valence-electron chi connectivity index (χ3n) is 4.75. The molecule has 3 rings (SSSR count). The molecule has 0 aromatic heterocycles. The van der Waals surface area contributed by atoms with E-state index in [9.17, 15) is 4.79 Å². The van der Waals surface area contributed by atoms with Gasteiger partial charge in [0.2, 0.25) is 12.7 Å². The van der Waals surface area contributed by atoms with Gasteiger partial charge in [0, 0.05) is 12.1 Å². The van der Waals surface area contributed by atoms with Gasteiger partial charge in [0.15, 0.2) is 11.5 Å². The number of nitrogens with one attached hydrogen (secondary N) is 1. The summed E-state index contributed by atoms with van der Waals surface area (Å²) in [5, 5.41) is 3.12. The molecule has 1 aliphatic heterocycles. The Morgan fingerprint density at radius 1 is 1.25 bits per heavy atom. The number of carbonyl (C=O) groups excluding carboxylic acids is 1. The maximum atomic E-state index is 12.0. The van der Waals surface area contributed by atoms with Crippen LogP contribution in [0.4, 0.5) is 0 Å². The van der Waals surface area contributed by atoms with Crippen molar-refractivity contribution in [1.82, 2.24) is 5.32 Å². The fraction of sp³-hybridized carbons (Fsp3) is 0.450. The van der Waals surface area contributed by atoms with Crippen molar-refractivity contribution in [3.05, 3.63) is 42.0 Å². The summed E-state index contributed by atoms with van der Waals surface area (Å²) in [6.45, 7) is 2.51. The first-order chi connectivity index (χ1) is 11.7. The highest BCUT2D eigenvalue weighted by molar-refractivity contribution is 5.88. The summed E-state index contributed by atoms with van der Waals surface area (Å²) in [6, 6.07) is 6.12. The van der Waals surface area contributed by atoms with Gasteiger partial charge < -0.3 is 14.8 Å². The minimum atomic E-state index is -0.00732. The molecule has 4 nitrogen and oxygen atoms in total. The number of amides is 1. The lowest BCUT2D eigenvalue weighted by atomic mass is 9.84. The molecule has 4 heteroatoms. The molecule has 0 spiro atoms. The van der Waals surface area contributed by atoms with Crippen LogP contribution in [0.2, 0.25) is 0 Å². The lowest BCUT2D eigenvalue weighted by Crippen LogP contribution is -2.37. The number of benzene rings is 1. The molecule has 1 saturated carbocycles. The molecule has 1 fully saturated rings. The summed E-state index contributed by atoms with van der Waals surface area (Å²) < 4.78 is 10.6. The lowest BCUT2D eigenvalue weighted by Gasteiger charge is -2.28. The van der Waals surface area contributed by atoms with Gasteiger partial charge >= 0.3 is 0 Å². The van der Waals surface area contributed by atoms with Gasteiger partial charge in [-0.2, -0.15) is 0 Å². The van der Waals surface area contributed by atoms with E-state index in [1.165, 1.54) is 19.3 Å². The Balaban J connectivity index is 1.47. The molecule has 1 aromatic rings. The van der Waals surface area contributed by atoms with Gasteiger partial charge in [0.1, 0.15) is 0 Å². The molecule has 2 aliphatic rings. The predicted molar refractivity (Wildman–Crippen MR) is 94.9 cm³/mol. The molecule has 1 aliphatic carbocycles. The Bertz CT molecular complexity index is 636. The third-order valence-corrected chi connectivity index (χ3v) is 4.75. The highest BCUT2D eigenvalue weighted by Gasteiger charge is 2.21. The fourth-order valence-electron chi connectivity index (χ4n) is 3.37. The number of ether oxygens (including phenoxy) is 2. The summed E-state index contributed by atoms with van der Waals surface area (Å²) in [5.41, 5.74) is 1.02. The van der Waals surface area contributed by atoms with E-state index in [0.717, 1.165) is 35.8 Å². The molecular weight excluding hydrogens is 302 g/mol. The molecule has 0 radical (unpaired) electrons. The van der Waals surface area contributed by atoms with Crippen LogP contribution in [0.1, 0.15) is 44.6 Å². The fourth-order valence-corrected chi connectivity index (χ4v) is 3.37. The number of fused-ring (bicyclic) bond motifs is 1. The first kappa shape index (κ1) is 16.6. The average molecular weight is 327 g/mol. The highest BCUT2D eigenvalue weighted by Crippen LogP contribution is 2.32. The van der Waals surface area contributed by atoms with Crippen LogP contribution >= 0.6 is 0 Å². The van der Waals surface area contributed by atoms with Gasteiger partial charge in [-0.25, -0.2) is 0 Å². The zero-order valence-electron chi connectivity index (χ0n) is 14.2. The second-order valence-corrected chi connectivity index (χ2v) is 6.48. The van der Waals surface area contributed by atoms with Crippen LogP contribution in [0.5, 0.6) is 11.5 Å². The van der Waals surface area contributed by atoms with Crippen LogP contribution < -0.4 is 14.8 Å². The Hall–Kier alpha value is -2.23. The first-order valence-electron chi connectivity index (χ1n) is 8.79. The zero-order chi connectivity index (χ0) is 16.8. The smallest absolute Gasteiger partial charge is 0.244 e. The minimum Gasteiger partial charge on any atom is -0.454 e. The number of rotatable bonds is 5. The van der Waals surface area contributed by atoms with Crippen molar-refractivity contribution in [3.8, 4) is 11.5 Å².